The fourth-order valence-corrected chi connectivity index (χ4v) is 4.06. The van der Waals surface area contributed by atoms with Gasteiger partial charge in [-0.25, -0.2) is 13.1 Å². The number of halogens is 3. The zero-order valence-electron chi connectivity index (χ0n) is 13.5. The van der Waals surface area contributed by atoms with Gasteiger partial charge in [0.25, 0.3) is 0 Å². The second kappa shape index (κ2) is 6.56. The molecule has 2 rings (SSSR count). The summed E-state index contributed by atoms with van der Waals surface area (Å²) in [6, 6.07) is 4.39. The van der Waals surface area contributed by atoms with E-state index in [-0.39, 0.29) is 18.0 Å². The normalized spacial score (nSPS) is 12.6. The first-order valence-corrected chi connectivity index (χ1v) is 8.67. The zero-order chi connectivity index (χ0) is 18.1. The van der Waals surface area contributed by atoms with Crippen LogP contribution in [0.5, 0.6) is 0 Å². The molecule has 0 aliphatic heterocycles. The van der Waals surface area contributed by atoms with Gasteiger partial charge in [-0.2, -0.15) is 18.3 Å². The van der Waals surface area contributed by atoms with Gasteiger partial charge in [0.2, 0.25) is 10.0 Å². The van der Waals surface area contributed by atoms with Gasteiger partial charge < -0.3 is 0 Å². The van der Waals surface area contributed by atoms with Gasteiger partial charge in [-0.1, -0.05) is 17.7 Å². The highest BCUT2D eigenvalue weighted by Crippen LogP contribution is 2.27. The first-order chi connectivity index (χ1) is 11.0. The van der Waals surface area contributed by atoms with Crippen molar-refractivity contribution in [1.29, 1.82) is 0 Å². The molecule has 24 heavy (non-hydrogen) atoms. The Morgan fingerprint density at radius 2 is 1.75 bits per heavy atom. The summed E-state index contributed by atoms with van der Waals surface area (Å²) >= 11 is 0. The lowest BCUT2D eigenvalue weighted by atomic mass is 10.1. The second-order valence-corrected chi connectivity index (χ2v) is 7.29. The van der Waals surface area contributed by atoms with Crippen LogP contribution in [0, 0.1) is 20.8 Å². The molecule has 0 saturated carbocycles. The maximum Gasteiger partial charge on any atom is 0.435 e. The third-order valence-corrected chi connectivity index (χ3v) is 5.20. The van der Waals surface area contributed by atoms with E-state index in [0.29, 0.717) is 11.1 Å². The monoisotopic (exact) mass is 361 g/mol. The Bertz CT molecular complexity index is 819. The first kappa shape index (κ1) is 18.5. The van der Waals surface area contributed by atoms with Gasteiger partial charge in [-0.3, -0.25) is 4.68 Å². The van der Waals surface area contributed by atoms with Crippen molar-refractivity contribution in [2.45, 2.75) is 38.4 Å². The van der Waals surface area contributed by atoms with Crippen molar-refractivity contribution >= 4 is 10.0 Å². The SMILES string of the molecule is Cc1cc(C)c(S(=O)(=O)NCCn2ccc(C(F)(F)F)n2)c(C)c1. The summed E-state index contributed by atoms with van der Waals surface area (Å²) in [5, 5.41) is 3.38. The number of alkyl halides is 3. The highest BCUT2D eigenvalue weighted by atomic mass is 32.2. The summed E-state index contributed by atoms with van der Waals surface area (Å²) in [5.74, 6) is 0. The summed E-state index contributed by atoms with van der Waals surface area (Å²) in [6.07, 6.45) is -3.35. The average molecular weight is 361 g/mol. The van der Waals surface area contributed by atoms with Gasteiger partial charge in [0, 0.05) is 12.7 Å². The minimum Gasteiger partial charge on any atom is -0.271 e. The lowest BCUT2D eigenvalue weighted by molar-refractivity contribution is -0.141. The van der Waals surface area contributed by atoms with Gasteiger partial charge in [0.05, 0.1) is 11.4 Å². The van der Waals surface area contributed by atoms with Gasteiger partial charge in [-0.05, 0) is 38.0 Å². The molecule has 0 amide bonds. The number of benzene rings is 1. The van der Waals surface area contributed by atoms with Crippen molar-refractivity contribution in [3.63, 3.8) is 0 Å². The predicted molar refractivity (Wildman–Crippen MR) is 83.1 cm³/mol. The van der Waals surface area contributed by atoms with Crippen molar-refractivity contribution in [3.05, 3.63) is 46.8 Å². The van der Waals surface area contributed by atoms with Gasteiger partial charge in [-0.15, -0.1) is 0 Å². The third-order valence-electron chi connectivity index (χ3n) is 3.44. The molecule has 0 aliphatic carbocycles. The molecule has 1 aromatic carbocycles. The van der Waals surface area contributed by atoms with Crippen LogP contribution in [0.2, 0.25) is 0 Å². The molecule has 0 radical (unpaired) electrons. The molecular formula is C15H18F3N3O2S. The maximum atomic E-state index is 12.5. The molecule has 1 N–H and O–H groups in total. The smallest absolute Gasteiger partial charge is 0.271 e. The van der Waals surface area contributed by atoms with Gasteiger partial charge >= 0.3 is 6.18 Å². The molecule has 1 aromatic heterocycles. The molecule has 0 fully saturated rings. The quantitative estimate of drug-likeness (QED) is 0.891. The van der Waals surface area contributed by atoms with Crippen LogP contribution >= 0.6 is 0 Å². The van der Waals surface area contributed by atoms with Crippen LogP contribution in [-0.4, -0.2) is 24.7 Å². The molecule has 132 valence electrons. The number of rotatable bonds is 5. The molecule has 0 spiro atoms. The van der Waals surface area contributed by atoms with E-state index in [2.05, 4.69) is 9.82 Å². The van der Waals surface area contributed by atoms with Crippen LogP contribution in [-0.2, 0) is 22.7 Å². The molecule has 0 atom stereocenters. The van der Waals surface area contributed by atoms with E-state index in [4.69, 9.17) is 0 Å². The Kier molecular flexibility index (Phi) is 5.05. The van der Waals surface area contributed by atoms with Crippen LogP contribution in [0.1, 0.15) is 22.4 Å². The van der Waals surface area contributed by atoms with E-state index < -0.39 is 21.9 Å². The predicted octanol–water partition coefficient (Wildman–Crippen LogP) is 2.81. The highest BCUT2D eigenvalue weighted by Gasteiger charge is 2.33. The number of hydrogen-bond donors (Lipinski definition) is 1. The number of nitrogens with zero attached hydrogens (tertiary/aromatic N) is 2. The molecule has 0 saturated heterocycles. The van der Waals surface area contributed by atoms with Crippen LogP contribution in [0.25, 0.3) is 0 Å². The van der Waals surface area contributed by atoms with Crippen LogP contribution in [0.3, 0.4) is 0 Å². The van der Waals surface area contributed by atoms with Crippen molar-refractivity contribution < 1.29 is 21.6 Å². The van der Waals surface area contributed by atoms with E-state index >= 15 is 0 Å². The second-order valence-electron chi connectivity index (χ2n) is 5.59. The summed E-state index contributed by atoms with van der Waals surface area (Å²) in [6.45, 7) is 5.22. The fraction of sp³-hybridized carbons (Fsp3) is 0.400. The summed E-state index contributed by atoms with van der Waals surface area (Å²) in [5.41, 5.74) is 1.20. The third kappa shape index (κ3) is 4.15. The topological polar surface area (TPSA) is 64.0 Å². The largest absolute Gasteiger partial charge is 0.435 e. The number of aromatic nitrogens is 2. The maximum absolute atomic E-state index is 12.5. The lowest BCUT2D eigenvalue weighted by Gasteiger charge is -2.13. The molecule has 0 aliphatic rings. The van der Waals surface area contributed by atoms with Gasteiger partial charge in [0.15, 0.2) is 5.69 Å². The van der Waals surface area contributed by atoms with E-state index in [9.17, 15) is 21.6 Å². The first-order valence-electron chi connectivity index (χ1n) is 7.19. The van der Waals surface area contributed by atoms with E-state index in [1.165, 1.54) is 6.20 Å². The molecular weight excluding hydrogens is 343 g/mol. The number of aryl methyl sites for hydroxylation is 3. The van der Waals surface area contributed by atoms with Gasteiger partial charge in [0.1, 0.15) is 0 Å². The molecule has 2 aromatic rings. The standard InChI is InChI=1S/C15H18F3N3O2S/c1-10-8-11(2)14(12(3)9-10)24(22,23)19-5-7-21-6-4-13(20-21)15(16,17)18/h4,6,8-9,19H,5,7H2,1-3H3. The number of nitrogens with one attached hydrogen (secondary N) is 1. The van der Waals surface area contributed by atoms with Crippen LogP contribution in [0.4, 0.5) is 13.2 Å². The Labute approximate surface area is 138 Å². The lowest BCUT2D eigenvalue weighted by Crippen LogP contribution is -2.29. The Morgan fingerprint density at radius 1 is 1.17 bits per heavy atom. The minimum absolute atomic E-state index is 0.000728. The summed E-state index contributed by atoms with van der Waals surface area (Å²) in [4.78, 5) is 0.199. The average Bonchev–Trinajstić information content (AvgIpc) is 2.85. The van der Waals surface area contributed by atoms with Crippen molar-refractivity contribution in [2.24, 2.45) is 0 Å². The Balaban J connectivity index is 2.08. The van der Waals surface area contributed by atoms with Crippen LogP contribution in [0.15, 0.2) is 29.3 Å². The van der Waals surface area contributed by atoms with E-state index in [1.54, 1.807) is 26.0 Å². The number of sulfonamides is 1. The number of hydrogen-bond acceptors (Lipinski definition) is 3. The highest BCUT2D eigenvalue weighted by molar-refractivity contribution is 7.89. The zero-order valence-corrected chi connectivity index (χ0v) is 14.3. The molecule has 0 unspecified atom stereocenters. The van der Waals surface area contributed by atoms with E-state index in [1.807, 2.05) is 6.92 Å². The minimum atomic E-state index is -4.51. The van der Waals surface area contributed by atoms with Crippen molar-refractivity contribution in [2.75, 3.05) is 6.54 Å². The van der Waals surface area contributed by atoms with Crippen molar-refractivity contribution in [3.8, 4) is 0 Å². The summed E-state index contributed by atoms with van der Waals surface area (Å²) in [7, 11) is -3.74. The van der Waals surface area contributed by atoms with E-state index in [0.717, 1.165) is 16.3 Å². The molecule has 0 bridgehead atoms. The van der Waals surface area contributed by atoms with Crippen LogP contribution < -0.4 is 4.72 Å². The molecule has 9 heteroatoms. The molecule has 1 heterocycles. The Hall–Kier alpha value is -1.87. The summed E-state index contributed by atoms with van der Waals surface area (Å²) < 4.78 is 65.7. The Morgan fingerprint density at radius 3 is 2.25 bits per heavy atom. The van der Waals surface area contributed by atoms with Crippen molar-refractivity contribution in [1.82, 2.24) is 14.5 Å². The fourth-order valence-electron chi connectivity index (χ4n) is 2.59. The molecule has 5 nitrogen and oxygen atoms in total.